The quantitative estimate of drug-likeness (QED) is 0.713. The van der Waals surface area contributed by atoms with E-state index in [2.05, 4.69) is 14.7 Å². The molecular formula is C9H12N4O4S. The number of hydrogen-bond donors (Lipinski definition) is 3. The second-order valence-corrected chi connectivity index (χ2v) is 4.98. The highest BCUT2D eigenvalue weighted by atomic mass is 32.1. The van der Waals surface area contributed by atoms with Crippen molar-refractivity contribution in [3.63, 3.8) is 0 Å². The first-order valence-corrected chi connectivity index (χ1v) is 5.62. The normalized spacial score (nSPS) is 10.8. The molecule has 0 saturated carbocycles. The molecule has 0 saturated heterocycles. The zero-order valence-electron chi connectivity index (χ0n) is 9.97. The minimum atomic E-state index is -1.43. The number of aliphatic carboxylic acids is 1. The molecule has 0 aliphatic heterocycles. The van der Waals surface area contributed by atoms with Crippen LogP contribution in [0.25, 0.3) is 0 Å². The van der Waals surface area contributed by atoms with E-state index in [4.69, 9.17) is 15.3 Å². The molecule has 8 nitrogen and oxygen atoms in total. The van der Waals surface area contributed by atoms with Crippen LogP contribution in [0.4, 0.5) is 9.93 Å². The molecule has 0 radical (unpaired) electrons. The molecule has 1 aromatic rings. The van der Waals surface area contributed by atoms with Gasteiger partial charge in [0.15, 0.2) is 11.5 Å². The van der Waals surface area contributed by atoms with Crippen molar-refractivity contribution in [3.05, 3.63) is 5.82 Å². The summed E-state index contributed by atoms with van der Waals surface area (Å²) >= 11 is 0.772. The molecule has 1 heterocycles. The highest BCUT2D eigenvalue weighted by Gasteiger charge is 2.19. The van der Waals surface area contributed by atoms with E-state index in [-0.39, 0.29) is 11.0 Å². The van der Waals surface area contributed by atoms with Gasteiger partial charge < -0.3 is 9.84 Å². The molecule has 0 atom stereocenters. The van der Waals surface area contributed by atoms with Gasteiger partial charge in [-0.3, -0.25) is 10.7 Å². The second kappa shape index (κ2) is 5.08. The Hall–Kier alpha value is -2.03. The van der Waals surface area contributed by atoms with Crippen LogP contribution in [-0.4, -0.2) is 37.8 Å². The number of rotatable bonds is 3. The van der Waals surface area contributed by atoms with Crippen molar-refractivity contribution < 1.29 is 19.4 Å². The summed E-state index contributed by atoms with van der Waals surface area (Å²) in [6, 6.07) is 0. The molecule has 1 rings (SSSR count). The molecule has 1 amide bonds. The van der Waals surface area contributed by atoms with Gasteiger partial charge in [-0.15, -0.1) is 0 Å². The minimum absolute atomic E-state index is 0.0743. The van der Waals surface area contributed by atoms with Crippen LogP contribution >= 0.6 is 11.5 Å². The van der Waals surface area contributed by atoms with Gasteiger partial charge in [0.05, 0.1) is 0 Å². The van der Waals surface area contributed by atoms with Crippen LogP contribution in [0.1, 0.15) is 26.6 Å². The van der Waals surface area contributed by atoms with Crippen LogP contribution in [0.5, 0.6) is 0 Å². The summed E-state index contributed by atoms with van der Waals surface area (Å²) in [6.45, 7) is 5.12. The number of carboxylic acid groups (broad SMARTS) is 1. The van der Waals surface area contributed by atoms with Gasteiger partial charge in [0, 0.05) is 11.5 Å². The van der Waals surface area contributed by atoms with Crippen molar-refractivity contribution in [3.8, 4) is 0 Å². The van der Waals surface area contributed by atoms with E-state index in [1.807, 2.05) is 0 Å². The van der Waals surface area contributed by atoms with Crippen LogP contribution in [0.3, 0.4) is 0 Å². The topological polar surface area (TPSA) is 125 Å². The maximum Gasteiger partial charge on any atom is 0.414 e. The van der Waals surface area contributed by atoms with Crippen LogP contribution in [0, 0.1) is 5.41 Å². The predicted octanol–water partition coefficient (Wildman–Crippen LogP) is 1.34. The zero-order valence-corrected chi connectivity index (χ0v) is 10.8. The summed E-state index contributed by atoms with van der Waals surface area (Å²) < 4.78 is 8.62. The summed E-state index contributed by atoms with van der Waals surface area (Å²) in [5.41, 5.74) is -1.38. The van der Waals surface area contributed by atoms with E-state index in [0.717, 1.165) is 11.5 Å². The Labute approximate surface area is 107 Å². The molecule has 9 heteroatoms. The third-order valence-corrected chi connectivity index (χ3v) is 2.10. The first-order valence-electron chi connectivity index (χ1n) is 4.85. The fourth-order valence-corrected chi connectivity index (χ4v) is 1.42. The van der Waals surface area contributed by atoms with Gasteiger partial charge in [0.1, 0.15) is 5.60 Å². The molecule has 0 aromatic carbocycles. The van der Waals surface area contributed by atoms with E-state index < -0.39 is 23.4 Å². The molecule has 98 valence electrons. The third kappa shape index (κ3) is 4.09. The van der Waals surface area contributed by atoms with E-state index >= 15 is 0 Å². The monoisotopic (exact) mass is 272 g/mol. The molecule has 18 heavy (non-hydrogen) atoms. The van der Waals surface area contributed by atoms with Crippen molar-refractivity contribution in [1.29, 1.82) is 5.41 Å². The van der Waals surface area contributed by atoms with Gasteiger partial charge in [0.2, 0.25) is 5.13 Å². The zero-order chi connectivity index (χ0) is 13.9. The lowest BCUT2D eigenvalue weighted by Crippen LogP contribution is -2.27. The second-order valence-electron chi connectivity index (χ2n) is 4.23. The number of carbonyl (C=O) groups is 2. The van der Waals surface area contributed by atoms with Gasteiger partial charge in [0.25, 0.3) is 0 Å². The Bertz CT molecular complexity index is 491. The number of nitrogens with one attached hydrogen (secondary N) is 2. The number of carbonyl (C=O) groups excluding carboxylic acids is 1. The number of anilines is 1. The van der Waals surface area contributed by atoms with Crippen molar-refractivity contribution in [2.75, 3.05) is 5.32 Å². The first kappa shape index (κ1) is 14.0. The van der Waals surface area contributed by atoms with Gasteiger partial charge in [-0.05, 0) is 20.8 Å². The van der Waals surface area contributed by atoms with Gasteiger partial charge in [-0.25, -0.2) is 9.59 Å². The summed E-state index contributed by atoms with van der Waals surface area (Å²) in [7, 11) is 0. The Kier molecular flexibility index (Phi) is 3.96. The lowest BCUT2D eigenvalue weighted by atomic mass is 10.2. The SMILES string of the molecule is CC(C)(C)OC(=O)Nc1nc(C(=N)C(=O)O)ns1. The molecule has 0 aliphatic rings. The third-order valence-electron chi connectivity index (χ3n) is 1.47. The van der Waals surface area contributed by atoms with Crippen molar-refractivity contribution >= 4 is 34.4 Å². The molecular weight excluding hydrogens is 260 g/mol. The van der Waals surface area contributed by atoms with Crippen molar-refractivity contribution in [1.82, 2.24) is 9.36 Å². The number of nitrogens with zero attached hydrogens (tertiary/aromatic N) is 2. The largest absolute Gasteiger partial charge is 0.476 e. The minimum Gasteiger partial charge on any atom is -0.476 e. The van der Waals surface area contributed by atoms with E-state index in [0.29, 0.717) is 0 Å². The fourth-order valence-electron chi connectivity index (χ4n) is 0.862. The predicted molar refractivity (Wildman–Crippen MR) is 64.2 cm³/mol. The summed E-state index contributed by atoms with van der Waals surface area (Å²) in [4.78, 5) is 25.6. The standard InChI is InChI=1S/C9H12N4O4S/c1-9(2,3)17-8(16)12-7-11-5(13-18-7)4(10)6(14)15/h10H,1-3H3,(H,14,15)(H,11,12,13,16). The molecule has 0 fully saturated rings. The summed E-state index contributed by atoms with van der Waals surface area (Å²) in [6.07, 6.45) is -0.716. The van der Waals surface area contributed by atoms with Crippen LogP contribution < -0.4 is 5.32 Å². The highest BCUT2D eigenvalue weighted by Crippen LogP contribution is 2.14. The maximum absolute atomic E-state index is 11.4. The molecule has 0 spiro atoms. The van der Waals surface area contributed by atoms with Gasteiger partial charge in [-0.2, -0.15) is 9.36 Å². The average Bonchev–Trinajstić information content (AvgIpc) is 2.61. The van der Waals surface area contributed by atoms with E-state index in [1.165, 1.54) is 0 Å². The van der Waals surface area contributed by atoms with E-state index in [9.17, 15) is 9.59 Å². The van der Waals surface area contributed by atoms with Crippen molar-refractivity contribution in [2.45, 2.75) is 26.4 Å². The van der Waals surface area contributed by atoms with Gasteiger partial charge >= 0.3 is 12.1 Å². The Morgan fingerprint density at radius 1 is 1.44 bits per heavy atom. The number of carboxylic acids is 1. The van der Waals surface area contributed by atoms with Crippen LogP contribution in [-0.2, 0) is 9.53 Å². The van der Waals surface area contributed by atoms with Gasteiger partial charge in [-0.1, -0.05) is 0 Å². The number of ether oxygens (including phenoxy) is 1. The average molecular weight is 272 g/mol. The van der Waals surface area contributed by atoms with Crippen LogP contribution in [0.2, 0.25) is 0 Å². The molecule has 1 aromatic heterocycles. The smallest absolute Gasteiger partial charge is 0.414 e. The fraction of sp³-hybridized carbons (Fsp3) is 0.444. The first-order chi connectivity index (χ1) is 8.19. The summed E-state index contributed by atoms with van der Waals surface area (Å²) in [5.74, 6) is -1.69. The maximum atomic E-state index is 11.4. The Balaban J connectivity index is 2.68. The molecule has 0 unspecified atom stereocenters. The van der Waals surface area contributed by atoms with E-state index in [1.54, 1.807) is 20.8 Å². The Morgan fingerprint density at radius 3 is 2.56 bits per heavy atom. The highest BCUT2D eigenvalue weighted by molar-refractivity contribution is 7.10. The van der Waals surface area contributed by atoms with Crippen molar-refractivity contribution in [2.24, 2.45) is 0 Å². The number of hydrogen-bond acceptors (Lipinski definition) is 7. The lowest BCUT2D eigenvalue weighted by molar-refractivity contribution is -0.129. The van der Waals surface area contributed by atoms with Crippen LogP contribution in [0.15, 0.2) is 0 Å². The number of aromatic nitrogens is 2. The molecule has 3 N–H and O–H groups in total. The summed E-state index contributed by atoms with van der Waals surface area (Å²) in [5, 5.41) is 18.1. The Morgan fingerprint density at radius 2 is 2.06 bits per heavy atom. The molecule has 0 bridgehead atoms. The lowest BCUT2D eigenvalue weighted by Gasteiger charge is -2.18. The molecule has 0 aliphatic carbocycles. The number of amides is 1.